The van der Waals surface area contributed by atoms with E-state index >= 15 is 0 Å². The Hall–Kier alpha value is -0.530. The lowest BCUT2D eigenvalue weighted by molar-refractivity contribution is 0.590. The van der Waals surface area contributed by atoms with Gasteiger partial charge in [0.15, 0.2) is 0 Å². The van der Waals surface area contributed by atoms with Crippen molar-refractivity contribution in [3.8, 4) is 0 Å². The number of benzene rings is 1. The van der Waals surface area contributed by atoms with Crippen LogP contribution in [0.1, 0.15) is 38.2 Å². The van der Waals surface area contributed by atoms with E-state index in [1.54, 1.807) is 0 Å². The summed E-state index contributed by atoms with van der Waals surface area (Å²) < 4.78 is 0. The molecule has 0 aromatic heterocycles. The molecule has 2 heteroatoms. The van der Waals surface area contributed by atoms with E-state index < -0.39 is 0 Å². The molecule has 1 nitrogen and oxygen atoms in total. The minimum absolute atomic E-state index is 0.300. The molecule has 0 amide bonds. The third-order valence-corrected chi connectivity index (χ3v) is 3.25. The Labute approximate surface area is 111 Å². The molecule has 0 aliphatic heterocycles. The normalized spacial score (nSPS) is 12.6. The highest BCUT2D eigenvalue weighted by molar-refractivity contribution is 6.20. The lowest BCUT2D eigenvalue weighted by Gasteiger charge is -2.09. The maximum absolute atomic E-state index is 6.13. The summed E-state index contributed by atoms with van der Waals surface area (Å²) in [7, 11) is 0. The predicted octanol–water partition coefficient (Wildman–Crippen LogP) is 4.01. The number of nitrogens with one attached hydrogen (secondary N) is 1. The summed E-state index contributed by atoms with van der Waals surface area (Å²) in [5.74, 6) is 0. The molecule has 0 bridgehead atoms. The summed E-state index contributed by atoms with van der Waals surface area (Å²) in [5, 5.41) is 3.72. The fraction of sp³-hybridized carbons (Fsp3) is 0.600. The first-order valence-electron chi connectivity index (χ1n) is 6.71. The Morgan fingerprint density at radius 1 is 1.18 bits per heavy atom. The van der Waals surface area contributed by atoms with Crippen LogP contribution < -0.4 is 5.32 Å². The highest BCUT2D eigenvalue weighted by Gasteiger charge is 2.01. The average molecular weight is 254 g/mol. The third-order valence-electron chi connectivity index (χ3n) is 2.88. The largest absolute Gasteiger partial charge is 0.315 e. The first kappa shape index (κ1) is 14.5. The van der Waals surface area contributed by atoms with Crippen LogP contribution in [0.3, 0.4) is 0 Å². The van der Waals surface area contributed by atoms with E-state index in [0.717, 1.165) is 19.5 Å². The topological polar surface area (TPSA) is 12.0 Å². The number of aryl methyl sites for hydroxylation is 1. The second-order valence-corrected chi connectivity index (χ2v) is 5.15. The zero-order valence-electron chi connectivity index (χ0n) is 10.8. The molecule has 0 heterocycles. The number of hydrogen-bond acceptors (Lipinski definition) is 1. The fourth-order valence-corrected chi connectivity index (χ4v) is 2.23. The van der Waals surface area contributed by atoms with Crippen molar-refractivity contribution < 1.29 is 0 Å². The van der Waals surface area contributed by atoms with Crippen molar-refractivity contribution in [1.29, 1.82) is 0 Å². The van der Waals surface area contributed by atoms with E-state index in [9.17, 15) is 0 Å². The first-order chi connectivity index (χ1) is 8.33. The van der Waals surface area contributed by atoms with E-state index in [4.69, 9.17) is 11.6 Å². The van der Waals surface area contributed by atoms with Gasteiger partial charge in [-0.1, -0.05) is 43.7 Å². The van der Waals surface area contributed by atoms with Crippen LogP contribution in [-0.2, 0) is 6.42 Å². The summed E-state index contributed by atoms with van der Waals surface area (Å²) in [6.07, 6.45) is 5.94. The number of alkyl halides is 1. The van der Waals surface area contributed by atoms with Crippen LogP contribution in [0.5, 0.6) is 0 Å². The molecule has 17 heavy (non-hydrogen) atoms. The van der Waals surface area contributed by atoms with Crippen molar-refractivity contribution in [3.05, 3.63) is 35.9 Å². The van der Waals surface area contributed by atoms with Crippen LogP contribution in [0.2, 0.25) is 0 Å². The summed E-state index contributed by atoms with van der Waals surface area (Å²) in [4.78, 5) is 0. The first-order valence-corrected chi connectivity index (χ1v) is 7.15. The molecule has 1 aromatic rings. The molecule has 1 rings (SSSR count). The van der Waals surface area contributed by atoms with Gasteiger partial charge in [-0.3, -0.25) is 0 Å². The average Bonchev–Trinajstić information content (AvgIpc) is 2.35. The van der Waals surface area contributed by atoms with Gasteiger partial charge in [0.2, 0.25) is 0 Å². The van der Waals surface area contributed by atoms with Crippen LogP contribution >= 0.6 is 11.6 Å². The number of halogens is 1. The van der Waals surface area contributed by atoms with Gasteiger partial charge in [-0.25, -0.2) is 0 Å². The van der Waals surface area contributed by atoms with E-state index in [-0.39, 0.29) is 0 Å². The van der Waals surface area contributed by atoms with E-state index in [1.807, 2.05) is 0 Å². The van der Waals surface area contributed by atoms with Crippen LogP contribution in [0.25, 0.3) is 0 Å². The smallest absolute Gasteiger partial charge is 0.0460 e. The zero-order chi connectivity index (χ0) is 12.3. The van der Waals surface area contributed by atoms with Gasteiger partial charge in [-0.15, -0.1) is 11.6 Å². The molecule has 1 aromatic carbocycles. The predicted molar refractivity (Wildman–Crippen MR) is 76.8 cm³/mol. The van der Waals surface area contributed by atoms with E-state index in [0.29, 0.717) is 5.38 Å². The standard InChI is InChI=1S/C15H24ClN/c1-2-8-15(16)13-17-12-7-6-11-14-9-4-3-5-10-14/h3-5,9-10,15,17H,2,6-8,11-13H2,1H3. The van der Waals surface area contributed by atoms with Crippen molar-refractivity contribution >= 4 is 11.6 Å². The van der Waals surface area contributed by atoms with Gasteiger partial charge < -0.3 is 5.32 Å². The number of unbranched alkanes of at least 4 members (excludes halogenated alkanes) is 1. The van der Waals surface area contributed by atoms with Gasteiger partial charge >= 0.3 is 0 Å². The lowest BCUT2D eigenvalue weighted by Crippen LogP contribution is -2.24. The van der Waals surface area contributed by atoms with Gasteiger partial charge in [-0.05, 0) is 37.8 Å². The van der Waals surface area contributed by atoms with Crippen molar-refractivity contribution in [2.75, 3.05) is 13.1 Å². The summed E-state index contributed by atoms with van der Waals surface area (Å²) >= 11 is 6.13. The Morgan fingerprint density at radius 2 is 1.94 bits per heavy atom. The molecule has 0 fully saturated rings. The molecular weight excluding hydrogens is 230 g/mol. The van der Waals surface area contributed by atoms with Crippen LogP contribution in [0, 0.1) is 0 Å². The molecule has 96 valence electrons. The second kappa shape index (κ2) is 9.49. The van der Waals surface area contributed by atoms with Gasteiger partial charge in [0.05, 0.1) is 0 Å². The molecule has 1 atom stereocenters. The maximum Gasteiger partial charge on any atom is 0.0460 e. The van der Waals surface area contributed by atoms with Gasteiger partial charge in [-0.2, -0.15) is 0 Å². The van der Waals surface area contributed by atoms with Gasteiger partial charge in [0, 0.05) is 11.9 Å². The Morgan fingerprint density at radius 3 is 2.65 bits per heavy atom. The quantitative estimate of drug-likeness (QED) is 0.518. The molecular formula is C15H24ClN. The Balaban J connectivity index is 1.95. The molecule has 0 aliphatic carbocycles. The highest BCUT2D eigenvalue weighted by atomic mass is 35.5. The van der Waals surface area contributed by atoms with Crippen LogP contribution in [0.4, 0.5) is 0 Å². The number of rotatable bonds is 9. The Bertz CT molecular complexity index is 274. The van der Waals surface area contributed by atoms with Crippen molar-refractivity contribution in [1.82, 2.24) is 5.32 Å². The maximum atomic E-state index is 6.13. The molecule has 1 unspecified atom stereocenters. The van der Waals surface area contributed by atoms with Gasteiger partial charge in [0.25, 0.3) is 0 Å². The van der Waals surface area contributed by atoms with E-state index in [1.165, 1.54) is 31.2 Å². The zero-order valence-corrected chi connectivity index (χ0v) is 11.5. The number of hydrogen-bond donors (Lipinski definition) is 1. The van der Waals surface area contributed by atoms with Crippen LogP contribution in [-0.4, -0.2) is 18.5 Å². The second-order valence-electron chi connectivity index (χ2n) is 4.53. The van der Waals surface area contributed by atoms with Crippen molar-refractivity contribution in [2.45, 2.75) is 44.4 Å². The fourth-order valence-electron chi connectivity index (χ4n) is 1.90. The summed E-state index contributed by atoms with van der Waals surface area (Å²) in [6.45, 7) is 4.20. The lowest BCUT2D eigenvalue weighted by atomic mass is 10.1. The molecule has 1 N–H and O–H groups in total. The van der Waals surface area contributed by atoms with Crippen LogP contribution in [0.15, 0.2) is 30.3 Å². The summed E-state index contributed by atoms with van der Waals surface area (Å²) in [5.41, 5.74) is 1.44. The third kappa shape index (κ3) is 7.40. The molecule has 0 aliphatic rings. The van der Waals surface area contributed by atoms with Gasteiger partial charge in [0.1, 0.15) is 0 Å². The SMILES string of the molecule is CCCC(Cl)CNCCCCc1ccccc1. The highest BCUT2D eigenvalue weighted by Crippen LogP contribution is 2.05. The van der Waals surface area contributed by atoms with Crippen molar-refractivity contribution in [3.63, 3.8) is 0 Å². The molecule has 0 saturated heterocycles. The monoisotopic (exact) mass is 253 g/mol. The minimum atomic E-state index is 0.300. The van der Waals surface area contributed by atoms with E-state index in [2.05, 4.69) is 42.6 Å². The molecule has 0 spiro atoms. The molecule has 0 radical (unpaired) electrons. The van der Waals surface area contributed by atoms with Crippen molar-refractivity contribution in [2.24, 2.45) is 0 Å². The minimum Gasteiger partial charge on any atom is -0.315 e. The Kier molecular flexibility index (Phi) is 8.12. The summed E-state index contributed by atoms with van der Waals surface area (Å²) in [6, 6.07) is 10.7. The molecule has 0 saturated carbocycles.